The lowest BCUT2D eigenvalue weighted by molar-refractivity contribution is -0.144. The van der Waals surface area contributed by atoms with Gasteiger partial charge in [-0.1, -0.05) is 6.92 Å². The first-order chi connectivity index (χ1) is 8.22. The SMILES string of the molecule is CC[C@@H](C(=O)O)N1CCC(N2CCCC2)CC1. The maximum atomic E-state index is 11.1. The number of carboxylic acids is 1. The Bertz CT molecular complexity index is 256. The van der Waals surface area contributed by atoms with Crippen LogP contribution in [-0.4, -0.2) is 59.1 Å². The van der Waals surface area contributed by atoms with E-state index < -0.39 is 5.97 Å². The molecule has 0 aromatic carbocycles. The summed E-state index contributed by atoms with van der Waals surface area (Å²) in [7, 11) is 0. The minimum Gasteiger partial charge on any atom is -0.480 e. The predicted octanol–water partition coefficient (Wildman–Crippen LogP) is 1.41. The third kappa shape index (κ3) is 2.99. The highest BCUT2D eigenvalue weighted by atomic mass is 16.4. The Balaban J connectivity index is 1.82. The fraction of sp³-hybridized carbons (Fsp3) is 0.923. The third-order valence-electron chi connectivity index (χ3n) is 4.27. The van der Waals surface area contributed by atoms with Crippen LogP contribution >= 0.6 is 0 Å². The number of hydrogen-bond donors (Lipinski definition) is 1. The number of rotatable bonds is 4. The van der Waals surface area contributed by atoms with Gasteiger partial charge in [-0.3, -0.25) is 9.69 Å². The summed E-state index contributed by atoms with van der Waals surface area (Å²) in [5.74, 6) is -0.660. The van der Waals surface area contributed by atoms with E-state index in [9.17, 15) is 4.79 Å². The number of nitrogens with zero attached hydrogens (tertiary/aromatic N) is 2. The molecule has 0 unspecified atom stereocenters. The Kier molecular flexibility index (Phi) is 4.40. The summed E-state index contributed by atoms with van der Waals surface area (Å²) in [6.45, 7) is 6.37. The molecule has 0 aromatic rings. The van der Waals surface area contributed by atoms with E-state index in [-0.39, 0.29) is 6.04 Å². The van der Waals surface area contributed by atoms with Gasteiger partial charge >= 0.3 is 5.97 Å². The molecule has 0 spiro atoms. The van der Waals surface area contributed by atoms with Crippen molar-refractivity contribution >= 4 is 5.97 Å². The van der Waals surface area contributed by atoms with Crippen molar-refractivity contribution in [1.82, 2.24) is 9.80 Å². The zero-order chi connectivity index (χ0) is 12.3. The highest BCUT2D eigenvalue weighted by molar-refractivity contribution is 5.73. The van der Waals surface area contributed by atoms with Gasteiger partial charge < -0.3 is 10.0 Å². The predicted molar refractivity (Wildman–Crippen MR) is 67.1 cm³/mol. The molecule has 2 saturated heterocycles. The Hall–Kier alpha value is -0.610. The van der Waals surface area contributed by atoms with Gasteiger partial charge in [-0.15, -0.1) is 0 Å². The molecule has 2 fully saturated rings. The van der Waals surface area contributed by atoms with Gasteiger partial charge in [0.25, 0.3) is 0 Å². The highest BCUT2D eigenvalue weighted by Gasteiger charge is 2.31. The zero-order valence-electron chi connectivity index (χ0n) is 10.8. The lowest BCUT2D eigenvalue weighted by Crippen LogP contribution is -2.49. The number of carboxylic acid groups (broad SMARTS) is 1. The topological polar surface area (TPSA) is 43.8 Å². The van der Waals surface area contributed by atoms with Crippen molar-refractivity contribution in [3.05, 3.63) is 0 Å². The Labute approximate surface area is 104 Å². The first-order valence-electron chi connectivity index (χ1n) is 6.93. The number of likely N-dealkylation sites (tertiary alicyclic amines) is 2. The summed E-state index contributed by atoms with van der Waals surface area (Å²) in [5, 5.41) is 9.15. The number of carbonyl (C=O) groups is 1. The monoisotopic (exact) mass is 240 g/mol. The van der Waals surface area contributed by atoms with E-state index in [0.717, 1.165) is 25.9 Å². The summed E-state index contributed by atoms with van der Waals surface area (Å²) in [6, 6.07) is 0.439. The van der Waals surface area contributed by atoms with Crippen LogP contribution in [0.4, 0.5) is 0 Å². The van der Waals surface area contributed by atoms with Crippen LogP contribution in [0.1, 0.15) is 39.0 Å². The first-order valence-corrected chi connectivity index (χ1v) is 6.93. The second kappa shape index (κ2) is 5.83. The van der Waals surface area contributed by atoms with E-state index >= 15 is 0 Å². The van der Waals surface area contributed by atoms with Crippen molar-refractivity contribution < 1.29 is 9.90 Å². The summed E-state index contributed by atoms with van der Waals surface area (Å²) < 4.78 is 0. The maximum absolute atomic E-state index is 11.1. The molecule has 0 radical (unpaired) electrons. The molecular weight excluding hydrogens is 216 g/mol. The molecule has 0 saturated carbocycles. The summed E-state index contributed by atoms with van der Waals surface area (Å²) in [4.78, 5) is 15.9. The minimum absolute atomic E-state index is 0.269. The van der Waals surface area contributed by atoms with Crippen molar-refractivity contribution in [3.8, 4) is 0 Å². The van der Waals surface area contributed by atoms with Crippen LogP contribution in [0.5, 0.6) is 0 Å². The highest BCUT2D eigenvalue weighted by Crippen LogP contribution is 2.22. The van der Waals surface area contributed by atoms with E-state index in [0.29, 0.717) is 12.5 Å². The molecule has 1 atom stereocenters. The van der Waals surface area contributed by atoms with Gasteiger partial charge in [0.1, 0.15) is 6.04 Å². The average Bonchev–Trinajstić information content (AvgIpc) is 2.84. The van der Waals surface area contributed by atoms with E-state index in [4.69, 9.17) is 5.11 Å². The molecule has 0 aromatic heterocycles. The van der Waals surface area contributed by atoms with Gasteiger partial charge in [0, 0.05) is 19.1 Å². The molecule has 1 N–H and O–H groups in total. The van der Waals surface area contributed by atoms with Crippen molar-refractivity contribution in [3.63, 3.8) is 0 Å². The molecule has 98 valence electrons. The van der Waals surface area contributed by atoms with Crippen molar-refractivity contribution in [1.29, 1.82) is 0 Å². The zero-order valence-corrected chi connectivity index (χ0v) is 10.8. The number of hydrogen-bond acceptors (Lipinski definition) is 3. The number of piperidine rings is 1. The molecule has 0 amide bonds. The minimum atomic E-state index is -0.660. The largest absolute Gasteiger partial charge is 0.480 e. The maximum Gasteiger partial charge on any atom is 0.320 e. The van der Waals surface area contributed by atoms with Gasteiger partial charge in [-0.05, 0) is 45.2 Å². The van der Waals surface area contributed by atoms with E-state index in [1.165, 1.54) is 25.9 Å². The molecule has 0 aliphatic carbocycles. The van der Waals surface area contributed by atoms with Crippen LogP contribution < -0.4 is 0 Å². The Morgan fingerprint density at radius 3 is 2.29 bits per heavy atom. The van der Waals surface area contributed by atoms with Gasteiger partial charge in [0.05, 0.1) is 0 Å². The normalized spacial score (nSPS) is 26.2. The van der Waals surface area contributed by atoms with E-state index in [1.807, 2.05) is 6.92 Å². The van der Waals surface area contributed by atoms with Crippen molar-refractivity contribution in [2.24, 2.45) is 0 Å². The third-order valence-corrected chi connectivity index (χ3v) is 4.27. The smallest absolute Gasteiger partial charge is 0.320 e. The van der Waals surface area contributed by atoms with E-state index in [2.05, 4.69) is 9.80 Å². The quantitative estimate of drug-likeness (QED) is 0.807. The average molecular weight is 240 g/mol. The summed E-state index contributed by atoms with van der Waals surface area (Å²) in [6.07, 6.45) is 5.68. The van der Waals surface area contributed by atoms with Crippen LogP contribution in [-0.2, 0) is 4.79 Å². The molecule has 2 rings (SSSR count). The Morgan fingerprint density at radius 1 is 1.24 bits per heavy atom. The Morgan fingerprint density at radius 2 is 1.82 bits per heavy atom. The fourth-order valence-corrected chi connectivity index (χ4v) is 3.26. The molecule has 2 aliphatic heterocycles. The molecule has 4 heteroatoms. The van der Waals surface area contributed by atoms with Crippen molar-refractivity contribution in [2.75, 3.05) is 26.2 Å². The first kappa shape index (κ1) is 12.8. The van der Waals surface area contributed by atoms with E-state index in [1.54, 1.807) is 0 Å². The fourth-order valence-electron chi connectivity index (χ4n) is 3.26. The van der Waals surface area contributed by atoms with Crippen LogP contribution in [0.15, 0.2) is 0 Å². The summed E-state index contributed by atoms with van der Waals surface area (Å²) in [5.41, 5.74) is 0. The van der Waals surface area contributed by atoms with Gasteiger partial charge in [0.2, 0.25) is 0 Å². The lowest BCUT2D eigenvalue weighted by atomic mass is 10.0. The van der Waals surface area contributed by atoms with Crippen LogP contribution in [0, 0.1) is 0 Å². The second-order valence-corrected chi connectivity index (χ2v) is 5.27. The molecule has 17 heavy (non-hydrogen) atoms. The van der Waals surface area contributed by atoms with Gasteiger partial charge in [-0.25, -0.2) is 0 Å². The number of aliphatic carboxylic acids is 1. The summed E-state index contributed by atoms with van der Waals surface area (Å²) >= 11 is 0. The van der Waals surface area contributed by atoms with Crippen molar-refractivity contribution in [2.45, 2.75) is 51.1 Å². The van der Waals surface area contributed by atoms with Gasteiger partial charge in [-0.2, -0.15) is 0 Å². The lowest BCUT2D eigenvalue weighted by Gasteiger charge is -2.38. The van der Waals surface area contributed by atoms with Crippen LogP contribution in [0.3, 0.4) is 0 Å². The molecular formula is C13H24N2O2. The molecule has 4 nitrogen and oxygen atoms in total. The molecule has 2 heterocycles. The van der Waals surface area contributed by atoms with Crippen LogP contribution in [0.25, 0.3) is 0 Å². The second-order valence-electron chi connectivity index (χ2n) is 5.27. The molecule has 2 aliphatic rings. The van der Waals surface area contributed by atoms with Crippen LogP contribution in [0.2, 0.25) is 0 Å². The van der Waals surface area contributed by atoms with Gasteiger partial charge in [0.15, 0.2) is 0 Å². The molecule has 0 bridgehead atoms. The standard InChI is InChI=1S/C13H24N2O2/c1-2-12(13(16)17)15-9-5-11(6-10-15)14-7-3-4-8-14/h11-12H,2-10H2,1H3,(H,16,17)/t12-/m0/s1.